The number of nitrogens with one attached hydrogen (secondary N) is 1. The first-order valence-corrected chi connectivity index (χ1v) is 9.68. The van der Waals surface area contributed by atoms with Crippen molar-refractivity contribution in [3.05, 3.63) is 29.8 Å². The second kappa shape index (κ2) is 10.2. The van der Waals surface area contributed by atoms with Crippen molar-refractivity contribution in [2.75, 3.05) is 5.32 Å². The minimum absolute atomic E-state index is 0.213. The number of carbonyl (C=O) groups is 1. The summed E-state index contributed by atoms with van der Waals surface area (Å²) in [6.07, 6.45) is -6.30. The van der Waals surface area contributed by atoms with E-state index >= 15 is 0 Å². The molecule has 0 atom stereocenters. The van der Waals surface area contributed by atoms with E-state index in [0.29, 0.717) is 18.9 Å². The number of carbonyl (C=O) groups excluding carboxylic acids is 1. The van der Waals surface area contributed by atoms with Crippen LogP contribution in [0.5, 0.6) is 0 Å². The average Bonchev–Trinajstić information content (AvgIpc) is 2.76. The van der Waals surface area contributed by atoms with E-state index in [2.05, 4.69) is 11.8 Å². The van der Waals surface area contributed by atoms with Crippen LogP contribution < -0.4 is 5.32 Å². The van der Waals surface area contributed by atoms with Crippen LogP contribution in [0.3, 0.4) is 0 Å². The zero-order chi connectivity index (χ0) is 29.3. The number of unbranched alkanes of at least 4 members (excludes halogenated alkanes) is 2. The van der Waals surface area contributed by atoms with Crippen LogP contribution in [0.1, 0.15) is 31.7 Å². The first kappa shape index (κ1) is 32.2. The molecule has 0 spiro atoms. The molecular formula is C20H14F15NO. The Hall–Kier alpha value is -2.80. The van der Waals surface area contributed by atoms with E-state index in [0.717, 1.165) is 17.4 Å². The van der Waals surface area contributed by atoms with Gasteiger partial charge in [-0.1, -0.05) is 37.3 Å². The Morgan fingerprint density at radius 1 is 0.730 bits per heavy atom. The fraction of sp³-hybridized carbons (Fsp3) is 0.550. The maximum atomic E-state index is 14.0. The van der Waals surface area contributed by atoms with Crippen LogP contribution in [0.25, 0.3) is 0 Å². The van der Waals surface area contributed by atoms with Crippen molar-refractivity contribution in [2.24, 2.45) is 0 Å². The third-order valence-electron chi connectivity index (χ3n) is 4.67. The van der Waals surface area contributed by atoms with Gasteiger partial charge in [0.15, 0.2) is 0 Å². The van der Waals surface area contributed by atoms with Gasteiger partial charge in [0.25, 0.3) is 0 Å². The Bertz CT molecular complexity index is 1030. The third kappa shape index (κ3) is 5.28. The second-order valence-electron chi connectivity index (χ2n) is 7.35. The molecule has 0 saturated carbocycles. The first-order chi connectivity index (χ1) is 16.4. The van der Waals surface area contributed by atoms with Crippen LogP contribution in [-0.2, 0) is 4.79 Å². The van der Waals surface area contributed by atoms with Gasteiger partial charge in [-0.3, -0.25) is 4.79 Å². The van der Waals surface area contributed by atoms with E-state index in [1.54, 1.807) is 6.92 Å². The van der Waals surface area contributed by atoms with Crippen molar-refractivity contribution in [3.8, 4) is 11.8 Å². The molecule has 1 aromatic rings. The van der Waals surface area contributed by atoms with Gasteiger partial charge in [0.2, 0.25) is 0 Å². The van der Waals surface area contributed by atoms with E-state index < -0.39 is 53.3 Å². The van der Waals surface area contributed by atoms with E-state index in [-0.39, 0.29) is 12.0 Å². The van der Waals surface area contributed by atoms with E-state index in [4.69, 9.17) is 0 Å². The summed E-state index contributed by atoms with van der Waals surface area (Å²) in [5.41, 5.74) is -1.24. The van der Waals surface area contributed by atoms with Crippen LogP contribution in [0.15, 0.2) is 24.3 Å². The molecule has 0 saturated heterocycles. The number of anilines is 1. The molecule has 0 radical (unpaired) electrons. The van der Waals surface area contributed by atoms with Gasteiger partial charge in [-0.2, -0.15) is 65.9 Å². The van der Waals surface area contributed by atoms with Gasteiger partial charge in [0.05, 0.1) is 5.69 Å². The Labute approximate surface area is 198 Å². The van der Waals surface area contributed by atoms with Crippen molar-refractivity contribution in [1.82, 2.24) is 0 Å². The normalized spacial score (nSPS) is 14.2. The van der Waals surface area contributed by atoms with Crippen molar-refractivity contribution in [2.45, 2.75) is 67.9 Å². The Morgan fingerprint density at radius 2 is 1.19 bits per heavy atom. The van der Waals surface area contributed by atoms with Crippen LogP contribution >= 0.6 is 0 Å². The van der Waals surface area contributed by atoms with Crippen molar-refractivity contribution >= 4 is 11.6 Å². The van der Waals surface area contributed by atoms with Gasteiger partial charge in [-0.25, -0.2) is 0 Å². The molecule has 17 heteroatoms. The SMILES string of the molecule is CCCCC#Cc1ccccc1NC(=O)C(F)(F)C(F)(F)C(F)(F)C(F)(F)C(F)(F)C(F)(F)C(F)(F)F. The predicted molar refractivity (Wildman–Crippen MR) is 97.2 cm³/mol. The molecule has 37 heavy (non-hydrogen) atoms. The van der Waals surface area contributed by atoms with Crippen molar-refractivity contribution in [1.29, 1.82) is 0 Å². The summed E-state index contributed by atoms with van der Waals surface area (Å²) in [7, 11) is 0. The van der Waals surface area contributed by atoms with Crippen LogP contribution in [0.2, 0.25) is 0 Å². The molecule has 0 unspecified atom stereocenters. The Kier molecular flexibility index (Phi) is 8.85. The number of amides is 1. The standard InChI is InChI=1S/C20H14F15NO/c1-2-3-4-5-8-11-9-6-7-10-12(11)36-13(37)14(21,22)15(23,24)16(25,26)17(27,28)18(29,30)19(31,32)20(33,34)35/h6-7,9-10H,2-4H2,1H3,(H,36,37). The quantitative estimate of drug-likeness (QED) is 0.186. The summed E-state index contributed by atoms with van der Waals surface area (Å²) in [6, 6.07) is 3.88. The molecule has 0 fully saturated rings. The molecule has 0 heterocycles. The molecule has 210 valence electrons. The molecule has 0 aliphatic rings. The number of hydrogen-bond donors (Lipinski definition) is 1. The van der Waals surface area contributed by atoms with Crippen molar-refractivity contribution in [3.63, 3.8) is 0 Å². The lowest BCUT2D eigenvalue weighted by Gasteiger charge is -2.41. The lowest BCUT2D eigenvalue weighted by molar-refractivity contribution is -0.449. The number of halogens is 15. The number of alkyl halides is 15. The topological polar surface area (TPSA) is 29.1 Å². The van der Waals surface area contributed by atoms with Gasteiger partial charge in [-0.05, 0) is 18.6 Å². The second-order valence-corrected chi connectivity index (χ2v) is 7.35. The molecule has 2 nitrogen and oxygen atoms in total. The third-order valence-corrected chi connectivity index (χ3v) is 4.67. The fourth-order valence-corrected chi connectivity index (χ4v) is 2.43. The summed E-state index contributed by atoms with van der Waals surface area (Å²) >= 11 is 0. The highest BCUT2D eigenvalue weighted by Crippen LogP contribution is 2.62. The summed E-state index contributed by atoms with van der Waals surface area (Å²) in [4.78, 5) is 11.7. The Balaban J connectivity index is 3.47. The highest BCUT2D eigenvalue weighted by Gasteiger charge is 2.94. The average molecular weight is 569 g/mol. The lowest BCUT2D eigenvalue weighted by atomic mass is 9.90. The summed E-state index contributed by atoms with van der Waals surface area (Å²) in [5.74, 6) is -47.0. The van der Waals surface area contributed by atoms with E-state index in [9.17, 15) is 70.7 Å². The molecule has 1 aromatic carbocycles. The molecule has 1 N–H and O–H groups in total. The lowest BCUT2D eigenvalue weighted by Crippen LogP contribution is -2.73. The molecule has 1 rings (SSSR count). The number of benzene rings is 1. The number of para-hydroxylation sites is 1. The zero-order valence-electron chi connectivity index (χ0n) is 18.0. The monoisotopic (exact) mass is 569 g/mol. The van der Waals surface area contributed by atoms with E-state index in [1.165, 1.54) is 6.07 Å². The zero-order valence-corrected chi connectivity index (χ0v) is 18.0. The van der Waals surface area contributed by atoms with Gasteiger partial charge < -0.3 is 5.32 Å². The minimum atomic E-state index is -8.46. The highest BCUT2D eigenvalue weighted by molar-refractivity contribution is 5.98. The smallest absolute Gasteiger partial charge is 0.319 e. The molecule has 0 aromatic heterocycles. The van der Waals surface area contributed by atoms with Gasteiger partial charge >= 0.3 is 47.6 Å². The maximum absolute atomic E-state index is 14.0. The van der Waals surface area contributed by atoms with Crippen LogP contribution in [0.4, 0.5) is 71.5 Å². The van der Waals surface area contributed by atoms with Gasteiger partial charge in [-0.15, -0.1) is 0 Å². The maximum Gasteiger partial charge on any atom is 0.460 e. The van der Waals surface area contributed by atoms with Crippen LogP contribution in [0, 0.1) is 11.8 Å². The molecule has 1 amide bonds. The summed E-state index contributed by atoms with van der Waals surface area (Å²) in [5, 5.41) is 0.949. The fourth-order valence-electron chi connectivity index (χ4n) is 2.43. The molecular weight excluding hydrogens is 555 g/mol. The van der Waals surface area contributed by atoms with Gasteiger partial charge in [0.1, 0.15) is 0 Å². The summed E-state index contributed by atoms with van der Waals surface area (Å²) < 4.78 is 199. The number of hydrogen-bond acceptors (Lipinski definition) is 1. The first-order valence-electron chi connectivity index (χ1n) is 9.68. The van der Waals surface area contributed by atoms with Gasteiger partial charge in [0, 0.05) is 12.0 Å². The molecule has 0 bridgehead atoms. The number of rotatable bonds is 9. The minimum Gasteiger partial charge on any atom is -0.319 e. The highest BCUT2D eigenvalue weighted by atomic mass is 19.4. The predicted octanol–water partition coefficient (Wildman–Crippen LogP) is 7.54. The van der Waals surface area contributed by atoms with Crippen LogP contribution in [-0.4, -0.2) is 47.6 Å². The Morgan fingerprint density at radius 3 is 1.68 bits per heavy atom. The summed E-state index contributed by atoms with van der Waals surface area (Å²) in [6.45, 7) is 1.76. The molecule has 0 aliphatic heterocycles. The van der Waals surface area contributed by atoms with Crippen molar-refractivity contribution < 1.29 is 70.7 Å². The molecule has 0 aliphatic carbocycles. The van der Waals surface area contributed by atoms with E-state index in [1.807, 2.05) is 0 Å². The largest absolute Gasteiger partial charge is 0.460 e.